The highest BCUT2D eigenvalue weighted by molar-refractivity contribution is 5.93. The zero-order valence-corrected chi connectivity index (χ0v) is 15.8. The van der Waals surface area contributed by atoms with Crippen molar-refractivity contribution in [1.29, 1.82) is 0 Å². The van der Waals surface area contributed by atoms with Crippen molar-refractivity contribution in [2.45, 2.75) is 25.4 Å². The summed E-state index contributed by atoms with van der Waals surface area (Å²) < 4.78 is 5.45. The standard InChI is InChI=1S/C21H25N3O3/c1-23(2)20(25)17-10-11-19(22-13-17)18-9-6-12-24(14-18)21(26)27-15-16-7-4-3-5-8-16/h3-5,7-8,10-11,13,18H,6,9,12,14-15H2,1-2H3. The maximum atomic E-state index is 12.4. The lowest BCUT2D eigenvalue weighted by Crippen LogP contribution is -2.39. The van der Waals surface area contributed by atoms with Gasteiger partial charge < -0.3 is 14.5 Å². The molecule has 6 heteroatoms. The maximum absolute atomic E-state index is 12.4. The van der Waals surface area contributed by atoms with E-state index in [0.717, 1.165) is 24.1 Å². The van der Waals surface area contributed by atoms with E-state index in [0.29, 0.717) is 18.7 Å². The number of carbonyl (C=O) groups is 2. The number of hydrogen-bond donors (Lipinski definition) is 0. The highest BCUT2D eigenvalue weighted by atomic mass is 16.6. The zero-order valence-electron chi connectivity index (χ0n) is 15.8. The van der Waals surface area contributed by atoms with Crippen LogP contribution >= 0.6 is 0 Å². The third kappa shape index (κ3) is 4.84. The van der Waals surface area contributed by atoms with E-state index in [1.165, 1.54) is 4.90 Å². The van der Waals surface area contributed by atoms with Crippen molar-refractivity contribution in [2.75, 3.05) is 27.2 Å². The molecule has 0 saturated carbocycles. The second kappa shape index (κ2) is 8.66. The van der Waals surface area contributed by atoms with E-state index in [4.69, 9.17) is 4.74 Å². The number of nitrogens with zero attached hydrogens (tertiary/aromatic N) is 3. The molecule has 27 heavy (non-hydrogen) atoms. The van der Waals surface area contributed by atoms with Crippen LogP contribution in [0.15, 0.2) is 48.7 Å². The van der Waals surface area contributed by atoms with Gasteiger partial charge in [-0.1, -0.05) is 30.3 Å². The molecule has 2 heterocycles. The van der Waals surface area contributed by atoms with E-state index in [2.05, 4.69) is 4.98 Å². The fourth-order valence-corrected chi connectivity index (χ4v) is 3.23. The quantitative estimate of drug-likeness (QED) is 0.832. The lowest BCUT2D eigenvalue weighted by atomic mass is 9.94. The van der Waals surface area contributed by atoms with Gasteiger partial charge in [0.2, 0.25) is 0 Å². The van der Waals surface area contributed by atoms with Crippen molar-refractivity contribution < 1.29 is 14.3 Å². The van der Waals surface area contributed by atoms with E-state index in [1.54, 1.807) is 31.3 Å². The fourth-order valence-electron chi connectivity index (χ4n) is 3.23. The van der Waals surface area contributed by atoms with Gasteiger partial charge >= 0.3 is 6.09 Å². The second-order valence-corrected chi connectivity index (χ2v) is 7.00. The normalized spacial score (nSPS) is 16.7. The van der Waals surface area contributed by atoms with Gasteiger partial charge in [0, 0.05) is 45.0 Å². The summed E-state index contributed by atoms with van der Waals surface area (Å²) in [4.78, 5) is 32.1. The average Bonchev–Trinajstić information content (AvgIpc) is 2.72. The molecule has 0 radical (unpaired) electrons. The Bertz CT molecular complexity index is 775. The van der Waals surface area contributed by atoms with Crippen LogP contribution in [0.1, 0.15) is 40.4 Å². The van der Waals surface area contributed by atoms with Crippen LogP contribution in [-0.4, -0.2) is 54.0 Å². The minimum atomic E-state index is -0.289. The Hall–Kier alpha value is -2.89. The molecular formula is C21H25N3O3. The van der Waals surface area contributed by atoms with Crippen LogP contribution in [0.25, 0.3) is 0 Å². The molecule has 1 fully saturated rings. The van der Waals surface area contributed by atoms with Crippen molar-refractivity contribution in [3.8, 4) is 0 Å². The molecule has 0 spiro atoms. The second-order valence-electron chi connectivity index (χ2n) is 7.00. The molecule has 142 valence electrons. The number of ether oxygens (including phenoxy) is 1. The van der Waals surface area contributed by atoms with Crippen molar-refractivity contribution >= 4 is 12.0 Å². The molecule has 0 N–H and O–H groups in total. The SMILES string of the molecule is CN(C)C(=O)c1ccc(C2CCCN(C(=O)OCc3ccccc3)C2)nc1. The van der Waals surface area contributed by atoms with Crippen LogP contribution in [0.5, 0.6) is 0 Å². The molecule has 1 unspecified atom stereocenters. The van der Waals surface area contributed by atoms with Gasteiger partial charge in [0.05, 0.1) is 5.56 Å². The van der Waals surface area contributed by atoms with Crippen LogP contribution in [0.2, 0.25) is 0 Å². The van der Waals surface area contributed by atoms with Gasteiger partial charge in [0.25, 0.3) is 5.91 Å². The molecule has 1 saturated heterocycles. The van der Waals surface area contributed by atoms with Gasteiger partial charge in [-0.3, -0.25) is 9.78 Å². The van der Waals surface area contributed by atoms with Crippen molar-refractivity contribution in [2.24, 2.45) is 0 Å². The predicted octanol–water partition coefficient (Wildman–Crippen LogP) is 3.30. The van der Waals surface area contributed by atoms with Crippen molar-refractivity contribution in [1.82, 2.24) is 14.8 Å². The maximum Gasteiger partial charge on any atom is 0.410 e. The van der Waals surface area contributed by atoms with Gasteiger partial charge in [0.15, 0.2) is 0 Å². The molecule has 0 bridgehead atoms. The number of hydrogen-bond acceptors (Lipinski definition) is 4. The number of benzene rings is 1. The summed E-state index contributed by atoms with van der Waals surface area (Å²) in [6, 6.07) is 13.4. The van der Waals surface area contributed by atoms with E-state index in [1.807, 2.05) is 36.4 Å². The molecular weight excluding hydrogens is 342 g/mol. The first-order chi connectivity index (χ1) is 13.0. The third-order valence-corrected chi connectivity index (χ3v) is 4.74. The van der Waals surface area contributed by atoms with Crippen LogP contribution in [0, 0.1) is 0 Å². The molecule has 2 amide bonds. The molecule has 1 atom stereocenters. The van der Waals surface area contributed by atoms with Crippen LogP contribution in [-0.2, 0) is 11.3 Å². The van der Waals surface area contributed by atoms with Gasteiger partial charge in [-0.15, -0.1) is 0 Å². The first-order valence-electron chi connectivity index (χ1n) is 9.18. The van der Waals surface area contributed by atoms with Crippen molar-refractivity contribution in [3.05, 3.63) is 65.5 Å². The summed E-state index contributed by atoms with van der Waals surface area (Å²) in [7, 11) is 3.44. The first kappa shape index (κ1) is 18.9. The number of pyridine rings is 1. The zero-order chi connectivity index (χ0) is 19.2. The van der Waals surface area contributed by atoms with E-state index in [-0.39, 0.29) is 24.5 Å². The molecule has 0 aliphatic carbocycles. The Morgan fingerprint density at radius 3 is 2.63 bits per heavy atom. The predicted molar refractivity (Wildman–Crippen MR) is 102 cm³/mol. The Morgan fingerprint density at radius 1 is 1.19 bits per heavy atom. The highest BCUT2D eigenvalue weighted by Crippen LogP contribution is 2.26. The molecule has 1 aromatic carbocycles. The molecule has 1 aliphatic rings. The minimum absolute atomic E-state index is 0.0659. The van der Waals surface area contributed by atoms with Crippen molar-refractivity contribution in [3.63, 3.8) is 0 Å². The summed E-state index contributed by atoms with van der Waals surface area (Å²) >= 11 is 0. The lowest BCUT2D eigenvalue weighted by molar-refractivity contribution is 0.0827. The van der Waals surface area contributed by atoms with Gasteiger partial charge in [-0.25, -0.2) is 4.79 Å². The fraction of sp³-hybridized carbons (Fsp3) is 0.381. The summed E-state index contributed by atoms with van der Waals surface area (Å²) in [6.07, 6.45) is 3.20. The number of piperidine rings is 1. The number of rotatable bonds is 4. The van der Waals surface area contributed by atoms with Gasteiger partial charge in [0.1, 0.15) is 6.61 Å². The van der Waals surface area contributed by atoms with Gasteiger partial charge in [-0.05, 0) is 30.5 Å². The Labute approximate surface area is 159 Å². The molecule has 3 rings (SSSR count). The van der Waals surface area contributed by atoms with Crippen LogP contribution in [0.3, 0.4) is 0 Å². The minimum Gasteiger partial charge on any atom is -0.445 e. The molecule has 2 aromatic rings. The Kier molecular flexibility index (Phi) is 6.06. The Balaban J connectivity index is 1.58. The highest BCUT2D eigenvalue weighted by Gasteiger charge is 2.26. The third-order valence-electron chi connectivity index (χ3n) is 4.74. The largest absolute Gasteiger partial charge is 0.445 e. The van der Waals surface area contributed by atoms with E-state index >= 15 is 0 Å². The first-order valence-corrected chi connectivity index (χ1v) is 9.18. The van der Waals surface area contributed by atoms with Crippen LogP contribution < -0.4 is 0 Å². The molecule has 1 aliphatic heterocycles. The lowest BCUT2D eigenvalue weighted by Gasteiger charge is -2.31. The Morgan fingerprint density at radius 2 is 1.96 bits per heavy atom. The number of carbonyl (C=O) groups excluding carboxylic acids is 2. The van der Waals surface area contributed by atoms with E-state index in [9.17, 15) is 9.59 Å². The number of amides is 2. The smallest absolute Gasteiger partial charge is 0.410 e. The summed E-state index contributed by atoms with van der Waals surface area (Å²) in [6.45, 7) is 1.56. The summed E-state index contributed by atoms with van der Waals surface area (Å²) in [5, 5.41) is 0. The average molecular weight is 367 g/mol. The summed E-state index contributed by atoms with van der Waals surface area (Å²) in [5.41, 5.74) is 2.45. The molecule has 6 nitrogen and oxygen atoms in total. The topological polar surface area (TPSA) is 62.7 Å². The monoisotopic (exact) mass is 367 g/mol. The molecule has 1 aromatic heterocycles. The summed E-state index contributed by atoms with van der Waals surface area (Å²) in [5.74, 6) is 0.0929. The number of likely N-dealkylation sites (tertiary alicyclic amines) is 1. The van der Waals surface area contributed by atoms with E-state index < -0.39 is 0 Å². The number of aromatic nitrogens is 1. The van der Waals surface area contributed by atoms with Crippen LogP contribution in [0.4, 0.5) is 4.79 Å². The van der Waals surface area contributed by atoms with Gasteiger partial charge in [-0.2, -0.15) is 0 Å².